The van der Waals surface area contributed by atoms with Gasteiger partial charge in [0.1, 0.15) is 5.82 Å². The highest BCUT2D eigenvalue weighted by atomic mass is 79.9. The van der Waals surface area contributed by atoms with Crippen molar-refractivity contribution < 1.29 is 0 Å². The Labute approximate surface area is 116 Å². The molecule has 0 spiro atoms. The van der Waals surface area contributed by atoms with Crippen LogP contribution in [0, 0.1) is 6.92 Å². The molecule has 2 aromatic rings. The standard InChI is InChI=1S/C14H18BrN3/c1-10-13(7-8-16-2)18(3)14(17-10)11-5-4-6-12(15)9-11/h4-6,9,16H,7-8H2,1-3H3. The molecule has 1 aromatic carbocycles. The number of halogens is 1. The van der Waals surface area contributed by atoms with Crippen LogP contribution in [0.15, 0.2) is 28.7 Å². The number of benzene rings is 1. The van der Waals surface area contributed by atoms with Crippen molar-refractivity contribution in [3.63, 3.8) is 0 Å². The maximum absolute atomic E-state index is 4.69. The lowest BCUT2D eigenvalue weighted by Crippen LogP contribution is -2.13. The summed E-state index contributed by atoms with van der Waals surface area (Å²) in [7, 11) is 4.06. The molecule has 1 heterocycles. The van der Waals surface area contributed by atoms with E-state index in [-0.39, 0.29) is 0 Å². The molecule has 1 N–H and O–H groups in total. The molecule has 96 valence electrons. The van der Waals surface area contributed by atoms with E-state index >= 15 is 0 Å². The maximum atomic E-state index is 4.69. The number of hydrogen-bond acceptors (Lipinski definition) is 2. The number of nitrogens with zero attached hydrogens (tertiary/aromatic N) is 2. The zero-order chi connectivity index (χ0) is 13.1. The van der Waals surface area contributed by atoms with Gasteiger partial charge in [-0.2, -0.15) is 0 Å². The van der Waals surface area contributed by atoms with Gasteiger partial charge in [-0.1, -0.05) is 28.1 Å². The predicted octanol–water partition coefficient (Wildman–Crippen LogP) is 2.92. The van der Waals surface area contributed by atoms with Crippen molar-refractivity contribution in [2.75, 3.05) is 13.6 Å². The summed E-state index contributed by atoms with van der Waals surface area (Å²) in [6, 6.07) is 8.26. The normalized spacial score (nSPS) is 10.9. The molecule has 1 aromatic heterocycles. The molecule has 0 unspecified atom stereocenters. The Morgan fingerprint density at radius 1 is 1.39 bits per heavy atom. The lowest BCUT2D eigenvalue weighted by Gasteiger charge is -2.06. The fourth-order valence-electron chi connectivity index (χ4n) is 2.15. The third kappa shape index (κ3) is 2.65. The molecule has 2 rings (SSSR count). The van der Waals surface area contributed by atoms with Gasteiger partial charge >= 0.3 is 0 Å². The molecule has 4 heteroatoms. The first-order valence-corrected chi connectivity index (χ1v) is 6.85. The third-order valence-corrected chi connectivity index (χ3v) is 3.60. The Kier molecular flexibility index (Phi) is 4.19. The van der Waals surface area contributed by atoms with Crippen molar-refractivity contribution in [3.8, 4) is 11.4 Å². The van der Waals surface area contributed by atoms with Crippen molar-refractivity contribution in [2.24, 2.45) is 7.05 Å². The summed E-state index contributed by atoms with van der Waals surface area (Å²) in [5.74, 6) is 1.03. The van der Waals surface area contributed by atoms with Gasteiger partial charge in [-0.25, -0.2) is 4.98 Å². The maximum Gasteiger partial charge on any atom is 0.140 e. The predicted molar refractivity (Wildman–Crippen MR) is 78.7 cm³/mol. The molecule has 0 saturated carbocycles. The molecule has 0 aliphatic rings. The number of imidazole rings is 1. The SMILES string of the molecule is CNCCc1c(C)nc(-c2cccc(Br)c2)n1C. The molecule has 0 saturated heterocycles. The lowest BCUT2D eigenvalue weighted by molar-refractivity contribution is 0.736. The van der Waals surface area contributed by atoms with Crippen LogP contribution in [-0.2, 0) is 13.5 Å². The zero-order valence-corrected chi connectivity index (χ0v) is 12.6. The van der Waals surface area contributed by atoms with E-state index in [0.717, 1.165) is 34.5 Å². The molecule has 0 radical (unpaired) electrons. The van der Waals surface area contributed by atoms with Gasteiger partial charge in [0.2, 0.25) is 0 Å². The average molecular weight is 308 g/mol. The number of aryl methyl sites for hydroxylation is 1. The number of aromatic nitrogens is 2. The van der Waals surface area contributed by atoms with Crippen LogP contribution in [0.5, 0.6) is 0 Å². The first-order chi connectivity index (χ1) is 8.63. The number of hydrogen-bond donors (Lipinski definition) is 1. The quantitative estimate of drug-likeness (QED) is 0.941. The molecule has 0 amide bonds. The second kappa shape index (κ2) is 5.67. The van der Waals surface area contributed by atoms with Crippen molar-refractivity contribution in [3.05, 3.63) is 40.1 Å². The minimum atomic E-state index is 0.971. The molecule has 0 bridgehead atoms. The van der Waals surface area contributed by atoms with Gasteiger partial charge in [0, 0.05) is 35.7 Å². The third-order valence-electron chi connectivity index (χ3n) is 3.11. The molecule has 0 aliphatic heterocycles. The van der Waals surface area contributed by atoms with Gasteiger partial charge in [-0.3, -0.25) is 0 Å². The number of likely N-dealkylation sites (N-methyl/N-ethyl adjacent to an activating group) is 1. The van der Waals surface area contributed by atoms with Crippen LogP contribution in [0.2, 0.25) is 0 Å². The van der Waals surface area contributed by atoms with Gasteiger partial charge < -0.3 is 9.88 Å². The molecule has 0 atom stereocenters. The Bertz CT molecular complexity index is 546. The molecule has 3 nitrogen and oxygen atoms in total. The monoisotopic (exact) mass is 307 g/mol. The Hall–Kier alpha value is -1.13. The molecule has 0 aliphatic carbocycles. The number of nitrogens with one attached hydrogen (secondary N) is 1. The second-order valence-electron chi connectivity index (χ2n) is 4.39. The Morgan fingerprint density at radius 2 is 2.17 bits per heavy atom. The van der Waals surface area contributed by atoms with E-state index in [0.29, 0.717) is 0 Å². The smallest absolute Gasteiger partial charge is 0.140 e. The minimum absolute atomic E-state index is 0.971. The van der Waals surface area contributed by atoms with E-state index in [4.69, 9.17) is 0 Å². The topological polar surface area (TPSA) is 29.9 Å². The Morgan fingerprint density at radius 3 is 2.83 bits per heavy atom. The van der Waals surface area contributed by atoms with Crippen LogP contribution in [-0.4, -0.2) is 23.1 Å². The van der Waals surface area contributed by atoms with Crippen LogP contribution in [0.1, 0.15) is 11.4 Å². The summed E-state index contributed by atoms with van der Waals surface area (Å²) in [6.07, 6.45) is 1.000. The van der Waals surface area contributed by atoms with Crippen LogP contribution >= 0.6 is 15.9 Å². The summed E-state index contributed by atoms with van der Waals surface area (Å²) < 4.78 is 3.27. The van der Waals surface area contributed by atoms with Gasteiger partial charge in [0.15, 0.2) is 0 Å². The summed E-state index contributed by atoms with van der Waals surface area (Å²) in [4.78, 5) is 4.69. The van der Waals surface area contributed by atoms with Crippen LogP contribution in [0.25, 0.3) is 11.4 Å². The summed E-state index contributed by atoms with van der Waals surface area (Å²) in [6.45, 7) is 3.05. The average Bonchev–Trinajstić information content (AvgIpc) is 2.63. The highest BCUT2D eigenvalue weighted by Crippen LogP contribution is 2.24. The van der Waals surface area contributed by atoms with E-state index in [9.17, 15) is 0 Å². The van der Waals surface area contributed by atoms with Crippen molar-refractivity contribution in [1.29, 1.82) is 0 Å². The summed E-state index contributed by atoms with van der Waals surface area (Å²) >= 11 is 3.50. The largest absolute Gasteiger partial charge is 0.331 e. The first-order valence-electron chi connectivity index (χ1n) is 6.06. The lowest BCUT2D eigenvalue weighted by atomic mass is 10.2. The van der Waals surface area contributed by atoms with Crippen molar-refractivity contribution >= 4 is 15.9 Å². The molecule has 0 fully saturated rings. The fraction of sp³-hybridized carbons (Fsp3) is 0.357. The fourth-order valence-corrected chi connectivity index (χ4v) is 2.55. The summed E-state index contributed by atoms with van der Waals surface area (Å²) in [5.41, 5.74) is 3.55. The van der Waals surface area contributed by atoms with Crippen LogP contribution in [0.4, 0.5) is 0 Å². The van der Waals surface area contributed by atoms with E-state index in [2.05, 4.69) is 56.9 Å². The van der Waals surface area contributed by atoms with Gasteiger partial charge in [-0.15, -0.1) is 0 Å². The highest BCUT2D eigenvalue weighted by Gasteiger charge is 2.12. The summed E-state index contributed by atoms with van der Waals surface area (Å²) in [5, 5.41) is 3.18. The molecular weight excluding hydrogens is 290 g/mol. The second-order valence-corrected chi connectivity index (χ2v) is 5.31. The zero-order valence-electron chi connectivity index (χ0n) is 11.0. The minimum Gasteiger partial charge on any atom is -0.331 e. The van der Waals surface area contributed by atoms with E-state index in [1.54, 1.807) is 0 Å². The first kappa shape index (κ1) is 13.3. The van der Waals surface area contributed by atoms with Gasteiger partial charge in [-0.05, 0) is 26.1 Å². The molecular formula is C14H18BrN3. The number of rotatable bonds is 4. The highest BCUT2D eigenvalue weighted by molar-refractivity contribution is 9.10. The van der Waals surface area contributed by atoms with Crippen LogP contribution in [0.3, 0.4) is 0 Å². The van der Waals surface area contributed by atoms with E-state index in [1.807, 2.05) is 19.2 Å². The van der Waals surface area contributed by atoms with E-state index in [1.165, 1.54) is 5.69 Å². The van der Waals surface area contributed by atoms with Crippen LogP contribution < -0.4 is 5.32 Å². The van der Waals surface area contributed by atoms with Crippen molar-refractivity contribution in [2.45, 2.75) is 13.3 Å². The van der Waals surface area contributed by atoms with Crippen molar-refractivity contribution in [1.82, 2.24) is 14.9 Å². The Balaban J connectivity index is 2.40. The van der Waals surface area contributed by atoms with Gasteiger partial charge in [0.25, 0.3) is 0 Å². The molecule has 18 heavy (non-hydrogen) atoms. The van der Waals surface area contributed by atoms with Gasteiger partial charge in [0.05, 0.1) is 5.69 Å². The van der Waals surface area contributed by atoms with E-state index < -0.39 is 0 Å².